The summed E-state index contributed by atoms with van der Waals surface area (Å²) >= 11 is 0. The molecule has 2 bridgehead atoms. The van der Waals surface area contributed by atoms with Crippen molar-refractivity contribution >= 4 is 41.2 Å². The van der Waals surface area contributed by atoms with Gasteiger partial charge in [0.1, 0.15) is 5.60 Å². The Bertz CT molecular complexity index is 1770. The van der Waals surface area contributed by atoms with Crippen molar-refractivity contribution in [1.82, 2.24) is 15.2 Å². The molecule has 7 rings (SSSR count). The zero-order valence-electron chi connectivity index (χ0n) is 29.9. The van der Waals surface area contributed by atoms with E-state index in [2.05, 4.69) is 62.2 Å². The summed E-state index contributed by atoms with van der Waals surface area (Å²) in [5.41, 5.74) is 4.39. The van der Waals surface area contributed by atoms with Crippen LogP contribution in [0.3, 0.4) is 0 Å². The lowest BCUT2D eigenvalue weighted by Crippen LogP contribution is -2.56. The standard InChI is InChI=1S/C38H49BN4O5/c1-23-10-12-26(42-21-27-13-14-28(22-42)43(27)34(45)46-35(3,4)5)20-30(23)33(44)41-38(16-17-38)31-18-25(19-32-29(31)15-11-24(2)40-32)39-47-36(6,7)37(8,9)48-39/h10-12,15,18-20,27-28H,13-14,16-17,21-22H2,1-9H3,(H,41,44). The lowest BCUT2D eigenvalue weighted by atomic mass is 9.76. The van der Waals surface area contributed by atoms with E-state index in [0.717, 1.165) is 64.6 Å². The average molecular weight is 653 g/mol. The summed E-state index contributed by atoms with van der Waals surface area (Å²) in [7, 11) is -0.531. The molecule has 254 valence electrons. The molecule has 4 fully saturated rings. The van der Waals surface area contributed by atoms with Gasteiger partial charge in [-0.05, 0) is 129 Å². The lowest BCUT2D eigenvalue weighted by Gasteiger charge is -2.42. The van der Waals surface area contributed by atoms with Crippen molar-refractivity contribution in [3.05, 3.63) is 64.8 Å². The smallest absolute Gasteiger partial charge is 0.444 e. The third kappa shape index (κ3) is 5.85. The van der Waals surface area contributed by atoms with Crippen molar-refractivity contribution in [3.8, 4) is 0 Å². The Kier molecular flexibility index (Phi) is 7.68. The first kappa shape index (κ1) is 32.9. The van der Waals surface area contributed by atoms with Gasteiger partial charge in [0.2, 0.25) is 0 Å². The predicted molar refractivity (Wildman–Crippen MR) is 189 cm³/mol. The Hall–Kier alpha value is -3.63. The molecule has 3 aromatic rings. The Morgan fingerprint density at radius 3 is 2.19 bits per heavy atom. The van der Waals surface area contributed by atoms with Gasteiger partial charge in [-0.15, -0.1) is 0 Å². The van der Waals surface area contributed by atoms with Crippen molar-refractivity contribution in [2.24, 2.45) is 0 Å². The minimum atomic E-state index is -0.531. The number of nitrogens with one attached hydrogen (secondary N) is 1. The Morgan fingerprint density at radius 2 is 1.58 bits per heavy atom. The molecule has 4 heterocycles. The number of hydrogen-bond acceptors (Lipinski definition) is 7. The number of hydrogen-bond donors (Lipinski definition) is 1. The molecule has 9 nitrogen and oxygen atoms in total. The molecule has 1 saturated carbocycles. The van der Waals surface area contributed by atoms with Gasteiger partial charge in [-0.25, -0.2) is 4.79 Å². The third-order valence-electron chi connectivity index (χ3n) is 11.0. The van der Waals surface area contributed by atoms with Crippen LogP contribution in [0.4, 0.5) is 10.5 Å². The number of nitrogens with zero attached hydrogens (tertiary/aromatic N) is 3. The number of amides is 2. The maximum Gasteiger partial charge on any atom is 0.494 e. The second-order valence-corrected chi connectivity index (χ2v) is 16.4. The number of aryl methyl sites for hydroxylation is 2. The summed E-state index contributed by atoms with van der Waals surface area (Å²) < 4.78 is 18.6. The van der Waals surface area contributed by atoms with Crippen LogP contribution in [-0.2, 0) is 19.6 Å². The monoisotopic (exact) mass is 652 g/mol. The number of piperazine rings is 1. The number of carbonyl (C=O) groups is 2. The van der Waals surface area contributed by atoms with Crippen LogP contribution >= 0.6 is 0 Å². The van der Waals surface area contributed by atoms with Gasteiger partial charge in [-0.1, -0.05) is 18.2 Å². The van der Waals surface area contributed by atoms with Crippen molar-refractivity contribution in [1.29, 1.82) is 0 Å². The molecule has 2 amide bonds. The molecule has 3 saturated heterocycles. The van der Waals surface area contributed by atoms with E-state index in [1.165, 1.54) is 0 Å². The zero-order valence-corrected chi connectivity index (χ0v) is 29.9. The fourth-order valence-electron chi connectivity index (χ4n) is 7.52. The van der Waals surface area contributed by atoms with Gasteiger partial charge in [-0.2, -0.15) is 0 Å². The molecular weight excluding hydrogens is 603 g/mol. The first-order valence-corrected chi connectivity index (χ1v) is 17.4. The molecule has 0 radical (unpaired) electrons. The topological polar surface area (TPSA) is 93.2 Å². The first-order chi connectivity index (χ1) is 22.5. The highest BCUT2D eigenvalue weighted by Gasteiger charge is 2.53. The molecule has 0 spiro atoms. The quantitative estimate of drug-likeness (QED) is 0.330. The van der Waals surface area contributed by atoms with E-state index in [-0.39, 0.29) is 24.1 Å². The Balaban J connectivity index is 1.15. The molecule has 2 atom stereocenters. The zero-order chi connectivity index (χ0) is 34.4. The van der Waals surface area contributed by atoms with Gasteiger partial charge in [0.15, 0.2) is 0 Å². The molecule has 2 aromatic carbocycles. The molecular formula is C38H49BN4O5. The third-order valence-corrected chi connectivity index (χ3v) is 11.0. The highest BCUT2D eigenvalue weighted by Crippen LogP contribution is 2.48. The normalized spacial score (nSPS) is 23.8. The minimum Gasteiger partial charge on any atom is -0.444 e. The number of aromatic nitrogens is 1. The van der Waals surface area contributed by atoms with E-state index in [4.69, 9.17) is 19.0 Å². The maximum absolute atomic E-state index is 14.2. The van der Waals surface area contributed by atoms with Gasteiger partial charge in [0.25, 0.3) is 5.91 Å². The first-order valence-electron chi connectivity index (χ1n) is 17.4. The highest BCUT2D eigenvalue weighted by molar-refractivity contribution is 6.62. The SMILES string of the molecule is Cc1ccc2c(C3(NC(=O)c4cc(N5CC6CCC(C5)N6C(=O)OC(C)(C)C)ccc4C)CC3)cc(B3OC(C)(C)C(C)(C)O3)cc2n1. The Morgan fingerprint density at radius 1 is 0.938 bits per heavy atom. The summed E-state index contributed by atoms with van der Waals surface area (Å²) in [5, 5.41) is 4.50. The van der Waals surface area contributed by atoms with Crippen LogP contribution in [0.25, 0.3) is 10.9 Å². The summed E-state index contributed by atoms with van der Waals surface area (Å²) in [4.78, 5) is 36.4. The van der Waals surface area contributed by atoms with Gasteiger partial charge >= 0.3 is 13.2 Å². The number of anilines is 1. The summed E-state index contributed by atoms with van der Waals surface area (Å²) in [6.07, 6.45) is 3.35. The number of benzene rings is 2. The van der Waals surface area contributed by atoms with Crippen LogP contribution in [0.1, 0.15) is 101 Å². The molecule has 1 N–H and O–H groups in total. The average Bonchev–Trinajstić information content (AvgIpc) is 3.66. The van der Waals surface area contributed by atoms with Crippen molar-refractivity contribution < 1.29 is 23.6 Å². The van der Waals surface area contributed by atoms with E-state index >= 15 is 0 Å². The summed E-state index contributed by atoms with van der Waals surface area (Å²) in [5.74, 6) is -0.0866. The van der Waals surface area contributed by atoms with Crippen molar-refractivity contribution in [2.75, 3.05) is 18.0 Å². The number of pyridine rings is 1. The second-order valence-electron chi connectivity index (χ2n) is 16.4. The molecule has 2 unspecified atom stereocenters. The van der Waals surface area contributed by atoms with Gasteiger partial charge in [0.05, 0.1) is 34.3 Å². The second kappa shape index (κ2) is 11.2. The fraction of sp³-hybridized carbons (Fsp3) is 0.553. The van der Waals surface area contributed by atoms with Crippen LogP contribution < -0.4 is 15.7 Å². The van der Waals surface area contributed by atoms with Gasteiger partial charge in [0, 0.05) is 35.4 Å². The summed E-state index contributed by atoms with van der Waals surface area (Å²) in [6, 6.07) is 14.7. The molecule has 1 aromatic heterocycles. The molecule has 48 heavy (non-hydrogen) atoms. The highest BCUT2D eigenvalue weighted by atomic mass is 16.7. The van der Waals surface area contributed by atoms with Crippen LogP contribution in [0.2, 0.25) is 0 Å². The number of fused-ring (bicyclic) bond motifs is 3. The largest absolute Gasteiger partial charge is 0.494 e. The molecule has 10 heteroatoms. The molecule has 1 aliphatic carbocycles. The van der Waals surface area contributed by atoms with Crippen molar-refractivity contribution in [2.45, 2.75) is 122 Å². The van der Waals surface area contributed by atoms with Crippen LogP contribution in [0.15, 0.2) is 42.5 Å². The van der Waals surface area contributed by atoms with E-state index in [1.54, 1.807) is 0 Å². The van der Waals surface area contributed by atoms with Gasteiger partial charge < -0.3 is 24.3 Å². The lowest BCUT2D eigenvalue weighted by molar-refractivity contribution is 0.00578. The molecule has 3 aliphatic heterocycles. The molecule has 4 aliphatic rings. The maximum atomic E-state index is 14.2. The van der Waals surface area contributed by atoms with E-state index in [9.17, 15) is 9.59 Å². The van der Waals surface area contributed by atoms with Crippen LogP contribution in [0, 0.1) is 13.8 Å². The van der Waals surface area contributed by atoms with E-state index < -0.39 is 29.5 Å². The number of carbonyl (C=O) groups excluding carboxylic acids is 2. The van der Waals surface area contributed by atoms with E-state index in [0.29, 0.717) is 18.7 Å². The minimum absolute atomic E-state index is 0.0866. The predicted octanol–water partition coefficient (Wildman–Crippen LogP) is 6.16. The fourth-order valence-corrected chi connectivity index (χ4v) is 7.52. The van der Waals surface area contributed by atoms with Crippen LogP contribution in [0.5, 0.6) is 0 Å². The number of ether oxygens (including phenoxy) is 1. The van der Waals surface area contributed by atoms with E-state index in [1.807, 2.05) is 57.7 Å². The summed E-state index contributed by atoms with van der Waals surface area (Å²) in [6.45, 7) is 19.4. The van der Waals surface area contributed by atoms with Gasteiger partial charge in [-0.3, -0.25) is 14.7 Å². The van der Waals surface area contributed by atoms with Crippen molar-refractivity contribution in [3.63, 3.8) is 0 Å². The van der Waals surface area contributed by atoms with Crippen LogP contribution in [-0.4, -0.2) is 71.0 Å². The Labute approximate surface area is 284 Å². The number of rotatable bonds is 5.